The number of benzene rings is 1. The molecule has 5 nitrogen and oxygen atoms in total. The highest BCUT2D eigenvalue weighted by Crippen LogP contribution is 2.58. The molecule has 1 spiro atoms. The molecule has 22 heavy (non-hydrogen) atoms. The molecule has 1 unspecified atom stereocenters. The molecule has 1 aromatic carbocycles. The van der Waals surface area contributed by atoms with Crippen LogP contribution in [-0.2, 0) is 4.79 Å². The monoisotopic (exact) mass is 301 g/mol. The zero-order valence-electron chi connectivity index (χ0n) is 13.2. The normalized spacial score (nSPS) is 22.2. The first-order chi connectivity index (χ1) is 10.6. The molecule has 3 N–H and O–H groups in total. The molecule has 3 rings (SSSR count). The van der Waals surface area contributed by atoms with Gasteiger partial charge in [0.25, 0.3) is 5.91 Å². The van der Waals surface area contributed by atoms with Gasteiger partial charge in [-0.05, 0) is 56.8 Å². The van der Waals surface area contributed by atoms with Gasteiger partial charge >= 0.3 is 0 Å². The van der Waals surface area contributed by atoms with Crippen LogP contribution in [0.4, 0.5) is 5.69 Å². The van der Waals surface area contributed by atoms with Gasteiger partial charge in [-0.15, -0.1) is 0 Å². The molecule has 1 aliphatic heterocycles. The predicted molar refractivity (Wildman–Crippen MR) is 85.8 cm³/mol. The number of amides is 2. The quantitative estimate of drug-likeness (QED) is 0.795. The van der Waals surface area contributed by atoms with Crippen molar-refractivity contribution >= 4 is 17.5 Å². The third kappa shape index (κ3) is 2.73. The number of piperidine rings is 1. The summed E-state index contributed by atoms with van der Waals surface area (Å²) >= 11 is 0. The maximum absolute atomic E-state index is 12.5. The van der Waals surface area contributed by atoms with Crippen LogP contribution in [0, 0.1) is 18.3 Å². The third-order valence-corrected chi connectivity index (χ3v) is 5.01. The second kappa shape index (κ2) is 5.72. The van der Waals surface area contributed by atoms with E-state index < -0.39 is 0 Å². The summed E-state index contributed by atoms with van der Waals surface area (Å²) in [6, 6.07) is 5.53. The molecular weight excluding hydrogens is 278 g/mol. The molecule has 1 saturated carbocycles. The Morgan fingerprint density at radius 1 is 1.27 bits per heavy atom. The van der Waals surface area contributed by atoms with Crippen LogP contribution in [0.2, 0.25) is 0 Å². The van der Waals surface area contributed by atoms with Gasteiger partial charge in [0.2, 0.25) is 5.91 Å². The standard InChI is InChI=1S/C17H23N3O2/c1-11-3-4-14(12(9-11)15(21)18-2)20-16(22)13-10-17(13)5-7-19-8-6-17/h3-4,9,13,19H,5-8,10H2,1-2H3,(H,18,21)(H,20,22). The minimum atomic E-state index is -0.175. The van der Waals surface area contributed by atoms with Gasteiger partial charge in [0, 0.05) is 13.0 Å². The lowest BCUT2D eigenvalue weighted by Gasteiger charge is -2.23. The number of anilines is 1. The van der Waals surface area contributed by atoms with Crippen molar-refractivity contribution in [2.24, 2.45) is 11.3 Å². The first-order valence-corrected chi connectivity index (χ1v) is 7.90. The number of nitrogens with one attached hydrogen (secondary N) is 3. The fourth-order valence-corrected chi connectivity index (χ4v) is 3.51. The van der Waals surface area contributed by atoms with Crippen LogP contribution in [-0.4, -0.2) is 32.0 Å². The summed E-state index contributed by atoms with van der Waals surface area (Å²) in [4.78, 5) is 24.5. The molecule has 2 amide bonds. The number of carbonyl (C=O) groups excluding carboxylic acids is 2. The zero-order chi connectivity index (χ0) is 15.7. The van der Waals surface area contributed by atoms with Crippen molar-refractivity contribution in [2.75, 3.05) is 25.5 Å². The summed E-state index contributed by atoms with van der Waals surface area (Å²) in [5.74, 6) is -0.0317. The maximum Gasteiger partial charge on any atom is 0.253 e. The van der Waals surface area contributed by atoms with Crippen LogP contribution < -0.4 is 16.0 Å². The van der Waals surface area contributed by atoms with E-state index in [1.54, 1.807) is 7.05 Å². The molecule has 2 aliphatic rings. The lowest BCUT2D eigenvalue weighted by Crippen LogP contribution is -2.32. The van der Waals surface area contributed by atoms with E-state index in [4.69, 9.17) is 0 Å². The highest BCUT2D eigenvalue weighted by molar-refractivity contribution is 6.04. The van der Waals surface area contributed by atoms with E-state index in [-0.39, 0.29) is 23.1 Å². The molecule has 0 aromatic heterocycles. The van der Waals surface area contributed by atoms with E-state index in [9.17, 15) is 9.59 Å². The Labute approximate surface area is 130 Å². The molecule has 118 valence electrons. The maximum atomic E-state index is 12.5. The van der Waals surface area contributed by atoms with E-state index in [2.05, 4.69) is 16.0 Å². The summed E-state index contributed by atoms with van der Waals surface area (Å²) in [7, 11) is 1.60. The Morgan fingerprint density at radius 2 is 2.00 bits per heavy atom. The van der Waals surface area contributed by atoms with E-state index in [1.807, 2.05) is 25.1 Å². The van der Waals surface area contributed by atoms with Gasteiger partial charge in [-0.25, -0.2) is 0 Å². The molecule has 2 fully saturated rings. The lowest BCUT2D eigenvalue weighted by molar-refractivity contribution is -0.118. The summed E-state index contributed by atoms with van der Waals surface area (Å²) in [5, 5.41) is 8.93. The van der Waals surface area contributed by atoms with E-state index >= 15 is 0 Å². The Morgan fingerprint density at radius 3 is 2.68 bits per heavy atom. The van der Waals surface area contributed by atoms with Crippen LogP contribution in [0.15, 0.2) is 18.2 Å². The molecule has 1 heterocycles. The van der Waals surface area contributed by atoms with Crippen molar-refractivity contribution in [2.45, 2.75) is 26.2 Å². The van der Waals surface area contributed by atoms with Crippen molar-refractivity contribution in [3.63, 3.8) is 0 Å². The minimum Gasteiger partial charge on any atom is -0.355 e. The number of hydrogen-bond donors (Lipinski definition) is 3. The number of rotatable bonds is 3. The summed E-state index contributed by atoms with van der Waals surface area (Å²) in [5.41, 5.74) is 2.33. The first kappa shape index (κ1) is 15.0. The van der Waals surface area contributed by atoms with Crippen LogP contribution in [0.3, 0.4) is 0 Å². The van der Waals surface area contributed by atoms with Crippen molar-refractivity contribution in [1.29, 1.82) is 0 Å². The van der Waals surface area contributed by atoms with E-state index in [0.29, 0.717) is 11.3 Å². The molecule has 0 bridgehead atoms. The highest BCUT2D eigenvalue weighted by Gasteiger charge is 2.57. The SMILES string of the molecule is CNC(=O)c1cc(C)ccc1NC(=O)C1CC12CCNCC2. The average Bonchev–Trinajstić information content (AvgIpc) is 3.22. The topological polar surface area (TPSA) is 70.2 Å². The second-order valence-electron chi connectivity index (χ2n) is 6.49. The second-order valence-corrected chi connectivity index (χ2v) is 6.49. The van der Waals surface area contributed by atoms with Crippen LogP contribution in [0.5, 0.6) is 0 Å². The van der Waals surface area contributed by atoms with Crippen LogP contribution in [0.1, 0.15) is 35.2 Å². The molecule has 1 atom stereocenters. The fourth-order valence-electron chi connectivity index (χ4n) is 3.51. The number of aryl methyl sites for hydroxylation is 1. The molecule has 0 radical (unpaired) electrons. The van der Waals surface area contributed by atoms with Gasteiger partial charge < -0.3 is 16.0 Å². The highest BCUT2D eigenvalue weighted by atomic mass is 16.2. The number of hydrogen-bond acceptors (Lipinski definition) is 3. The minimum absolute atomic E-state index is 0.0518. The van der Waals surface area contributed by atoms with Crippen molar-refractivity contribution in [1.82, 2.24) is 10.6 Å². The van der Waals surface area contributed by atoms with Gasteiger partial charge in [0.15, 0.2) is 0 Å². The van der Waals surface area contributed by atoms with Gasteiger partial charge in [-0.2, -0.15) is 0 Å². The van der Waals surface area contributed by atoms with E-state index in [1.165, 1.54) is 0 Å². The molecule has 5 heteroatoms. The smallest absolute Gasteiger partial charge is 0.253 e. The van der Waals surface area contributed by atoms with Crippen molar-refractivity contribution in [3.05, 3.63) is 29.3 Å². The van der Waals surface area contributed by atoms with Crippen molar-refractivity contribution in [3.8, 4) is 0 Å². The van der Waals surface area contributed by atoms with Gasteiger partial charge in [0.1, 0.15) is 0 Å². The average molecular weight is 301 g/mol. The van der Waals surface area contributed by atoms with Crippen molar-refractivity contribution < 1.29 is 9.59 Å². The van der Waals surface area contributed by atoms with Crippen LogP contribution >= 0.6 is 0 Å². The van der Waals surface area contributed by atoms with E-state index in [0.717, 1.165) is 37.9 Å². The summed E-state index contributed by atoms with van der Waals surface area (Å²) < 4.78 is 0. The fraction of sp³-hybridized carbons (Fsp3) is 0.529. The first-order valence-electron chi connectivity index (χ1n) is 7.90. The lowest BCUT2D eigenvalue weighted by atomic mass is 9.91. The molecule has 1 aliphatic carbocycles. The third-order valence-electron chi connectivity index (χ3n) is 5.01. The molecular formula is C17H23N3O2. The molecule has 1 aromatic rings. The number of carbonyl (C=O) groups is 2. The Balaban J connectivity index is 1.73. The van der Waals surface area contributed by atoms with Gasteiger partial charge in [-0.3, -0.25) is 9.59 Å². The van der Waals surface area contributed by atoms with Crippen LogP contribution in [0.25, 0.3) is 0 Å². The Kier molecular flexibility index (Phi) is 3.91. The van der Waals surface area contributed by atoms with Gasteiger partial charge in [0.05, 0.1) is 11.3 Å². The predicted octanol–water partition coefficient (Wildman–Crippen LogP) is 1.68. The Bertz CT molecular complexity index is 606. The zero-order valence-corrected chi connectivity index (χ0v) is 13.2. The van der Waals surface area contributed by atoms with Gasteiger partial charge in [-0.1, -0.05) is 11.6 Å². The largest absolute Gasteiger partial charge is 0.355 e. The summed E-state index contributed by atoms with van der Waals surface area (Å²) in [6.45, 7) is 3.93. The summed E-state index contributed by atoms with van der Waals surface area (Å²) in [6.07, 6.45) is 3.12. The molecule has 1 saturated heterocycles. The Hall–Kier alpha value is -1.88.